The Balaban J connectivity index is 1.57. The van der Waals surface area contributed by atoms with Crippen LogP contribution in [0.1, 0.15) is 42.6 Å². The Morgan fingerprint density at radius 3 is 2.62 bits per heavy atom. The molecule has 0 radical (unpaired) electrons. The second-order valence-electron chi connectivity index (χ2n) is 6.67. The Morgan fingerprint density at radius 2 is 1.96 bits per heavy atom. The number of nitrogens with zero attached hydrogens (tertiary/aromatic N) is 2. The number of carbonyl (C=O) groups excluding carboxylic acids is 1. The minimum atomic E-state index is -0.00724. The molecule has 1 amide bonds. The molecule has 0 unspecified atom stereocenters. The van der Waals surface area contributed by atoms with Gasteiger partial charge in [-0.05, 0) is 36.4 Å². The summed E-state index contributed by atoms with van der Waals surface area (Å²) in [6, 6.07) is 12.0. The number of aromatic nitrogens is 2. The summed E-state index contributed by atoms with van der Waals surface area (Å²) in [5, 5.41) is 13.3. The SMILES string of the molecule is Cc1ccc(-c2nnc(CCC(=O)N[C@H](c3cccs3)C(C)C)o2)cc1. The zero-order valence-corrected chi connectivity index (χ0v) is 16.0. The van der Waals surface area contributed by atoms with Crippen molar-refractivity contribution < 1.29 is 9.21 Å². The molecule has 0 saturated carbocycles. The summed E-state index contributed by atoms with van der Waals surface area (Å²) in [5.74, 6) is 1.29. The molecule has 1 aromatic carbocycles. The Morgan fingerprint density at radius 1 is 1.19 bits per heavy atom. The first-order chi connectivity index (χ1) is 12.5. The van der Waals surface area contributed by atoms with Gasteiger partial charge in [-0.25, -0.2) is 0 Å². The molecule has 1 atom stereocenters. The second-order valence-corrected chi connectivity index (χ2v) is 7.65. The minimum Gasteiger partial charge on any atom is -0.421 e. The van der Waals surface area contributed by atoms with E-state index in [0.29, 0.717) is 30.5 Å². The van der Waals surface area contributed by atoms with E-state index in [-0.39, 0.29) is 11.9 Å². The molecule has 0 saturated heterocycles. The molecule has 0 bridgehead atoms. The van der Waals surface area contributed by atoms with Crippen molar-refractivity contribution in [2.24, 2.45) is 5.92 Å². The van der Waals surface area contributed by atoms with Gasteiger partial charge in [-0.15, -0.1) is 21.5 Å². The van der Waals surface area contributed by atoms with Crippen molar-refractivity contribution in [2.75, 3.05) is 0 Å². The molecular weight excluding hydrogens is 346 g/mol. The van der Waals surface area contributed by atoms with Crippen molar-refractivity contribution in [3.05, 3.63) is 58.1 Å². The van der Waals surface area contributed by atoms with Gasteiger partial charge in [-0.1, -0.05) is 37.6 Å². The maximum atomic E-state index is 12.3. The lowest BCUT2D eigenvalue weighted by atomic mass is 10.0. The molecule has 0 spiro atoms. The molecule has 1 N–H and O–H groups in total. The van der Waals surface area contributed by atoms with E-state index in [1.807, 2.05) is 42.6 Å². The van der Waals surface area contributed by atoms with Crippen LogP contribution in [0.25, 0.3) is 11.5 Å². The zero-order chi connectivity index (χ0) is 18.5. The predicted octanol–water partition coefficient (Wildman–Crippen LogP) is 4.55. The summed E-state index contributed by atoms with van der Waals surface area (Å²) in [5.41, 5.74) is 2.06. The number of carbonyl (C=O) groups is 1. The van der Waals surface area contributed by atoms with E-state index in [2.05, 4.69) is 35.4 Å². The van der Waals surface area contributed by atoms with Gasteiger partial charge in [-0.2, -0.15) is 0 Å². The maximum Gasteiger partial charge on any atom is 0.247 e. The Labute approximate surface area is 157 Å². The third kappa shape index (κ3) is 4.58. The molecular formula is C20H23N3O2S. The lowest BCUT2D eigenvalue weighted by Gasteiger charge is -2.21. The van der Waals surface area contributed by atoms with Crippen molar-refractivity contribution in [3.8, 4) is 11.5 Å². The van der Waals surface area contributed by atoms with E-state index in [1.54, 1.807) is 11.3 Å². The largest absolute Gasteiger partial charge is 0.421 e. The van der Waals surface area contributed by atoms with E-state index in [4.69, 9.17) is 4.42 Å². The molecule has 3 rings (SSSR count). The van der Waals surface area contributed by atoms with Crippen LogP contribution in [0.3, 0.4) is 0 Å². The highest BCUT2D eigenvalue weighted by Gasteiger charge is 2.19. The summed E-state index contributed by atoms with van der Waals surface area (Å²) < 4.78 is 5.68. The van der Waals surface area contributed by atoms with Crippen LogP contribution in [-0.2, 0) is 11.2 Å². The predicted molar refractivity (Wildman–Crippen MR) is 103 cm³/mol. The molecule has 0 aliphatic carbocycles. The first kappa shape index (κ1) is 18.3. The Bertz CT molecular complexity index is 838. The van der Waals surface area contributed by atoms with Crippen molar-refractivity contribution >= 4 is 17.2 Å². The maximum absolute atomic E-state index is 12.3. The molecule has 3 aromatic rings. The smallest absolute Gasteiger partial charge is 0.247 e. The van der Waals surface area contributed by atoms with Crippen LogP contribution in [0.4, 0.5) is 0 Å². The fourth-order valence-corrected chi connectivity index (χ4v) is 3.62. The molecule has 2 heterocycles. The van der Waals surface area contributed by atoms with E-state index >= 15 is 0 Å². The van der Waals surface area contributed by atoms with E-state index in [1.165, 1.54) is 10.4 Å². The standard InChI is InChI=1S/C20H23N3O2S/c1-13(2)19(16-5-4-12-26-16)21-17(24)10-11-18-22-23-20(25-18)15-8-6-14(3)7-9-15/h4-9,12-13,19H,10-11H2,1-3H3,(H,21,24)/t19-/m0/s1. The van der Waals surface area contributed by atoms with E-state index < -0.39 is 0 Å². The van der Waals surface area contributed by atoms with Crippen molar-refractivity contribution in [3.63, 3.8) is 0 Å². The van der Waals surface area contributed by atoms with Gasteiger partial charge in [0.1, 0.15) is 0 Å². The molecule has 26 heavy (non-hydrogen) atoms. The average Bonchev–Trinajstić information content (AvgIpc) is 3.30. The molecule has 0 aliphatic rings. The average molecular weight is 369 g/mol. The highest BCUT2D eigenvalue weighted by atomic mass is 32.1. The number of rotatable bonds is 7. The second kappa shape index (κ2) is 8.27. The third-order valence-corrected chi connectivity index (χ3v) is 5.12. The molecule has 6 heteroatoms. The van der Waals surface area contributed by atoms with Gasteiger partial charge < -0.3 is 9.73 Å². The lowest BCUT2D eigenvalue weighted by Crippen LogP contribution is -2.31. The monoisotopic (exact) mass is 369 g/mol. The Kier molecular flexibility index (Phi) is 5.83. The number of thiophene rings is 1. The summed E-state index contributed by atoms with van der Waals surface area (Å²) >= 11 is 1.66. The van der Waals surface area contributed by atoms with Crippen LogP contribution < -0.4 is 5.32 Å². The van der Waals surface area contributed by atoms with Crippen LogP contribution in [0.2, 0.25) is 0 Å². The zero-order valence-electron chi connectivity index (χ0n) is 15.2. The van der Waals surface area contributed by atoms with Crippen LogP contribution in [0, 0.1) is 12.8 Å². The minimum absolute atomic E-state index is 0.00724. The third-order valence-electron chi connectivity index (χ3n) is 4.16. The van der Waals surface area contributed by atoms with Gasteiger partial charge in [0, 0.05) is 23.3 Å². The topological polar surface area (TPSA) is 68.0 Å². The number of amides is 1. The van der Waals surface area contributed by atoms with Gasteiger partial charge >= 0.3 is 0 Å². The molecule has 0 aliphatic heterocycles. The van der Waals surface area contributed by atoms with Crippen LogP contribution in [0.5, 0.6) is 0 Å². The number of aryl methyl sites for hydroxylation is 2. The quantitative estimate of drug-likeness (QED) is 0.663. The highest BCUT2D eigenvalue weighted by molar-refractivity contribution is 7.10. The first-order valence-corrected chi connectivity index (χ1v) is 9.63. The molecule has 136 valence electrons. The number of nitrogens with one attached hydrogen (secondary N) is 1. The summed E-state index contributed by atoms with van der Waals surface area (Å²) in [6.45, 7) is 6.25. The van der Waals surface area contributed by atoms with Gasteiger partial charge in [0.25, 0.3) is 0 Å². The van der Waals surface area contributed by atoms with E-state index in [9.17, 15) is 4.79 Å². The van der Waals surface area contributed by atoms with Crippen LogP contribution >= 0.6 is 11.3 Å². The van der Waals surface area contributed by atoms with Crippen molar-refractivity contribution in [2.45, 2.75) is 39.7 Å². The number of hydrogen-bond acceptors (Lipinski definition) is 5. The van der Waals surface area contributed by atoms with Gasteiger partial charge in [-0.3, -0.25) is 4.79 Å². The van der Waals surface area contributed by atoms with Crippen molar-refractivity contribution in [1.82, 2.24) is 15.5 Å². The summed E-state index contributed by atoms with van der Waals surface area (Å²) in [4.78, 5) is 13.5. The molecule has 5 nitrogen and oxygen atoms in total. The van der Waals surface area contributed by atoms with Crippen LogP contribution in [-0.4, -0.2) is 16.1 Å². The Hall–Kier alpha value is -2.47. The van der Waals surface area contributed by atoms with Crippen LogP contribution in [0.15, 0.2) is 46.2 Å². The summed E-state index contributed by atoms with van der Waals surface area (Å²) in [6.07, 6.45) is 0.754. The van der Waals surface area contributed by atoms with E-state index in [0.717, 1.165) is 5.56 Å². The first-order valence-electron chi connectivity index (χ1n) is 8.75. The normalized spacial score (nSPS) is 12.3. The number of hydrogen-bond donors (Lipinski definition) is 1. The molecule has 0 fully saturated rings. The van der Waals surface area contributed by atoms with Gasteiger partial charge in [0.15, 0.2) is 0 Å². The summed E-state index contributed by atoms with van der Waals surface area (Å²) in [7, 11) is 0. The fourth-order valence-electron chi connectivity index (χ4n) is 2.67. The van der Waals surface area contributed by atoms with Gasteiger partial charge in [0.2, 0.25) is 17.7 Å². The molecule has 2 aromatic heterocycles. The fraction of sp³-hybridized carbons (Fsp3) is 0.350. The number of benzene rings is 1. The lowest BCUT2D eigenvalue weighted by molar-refractivity contribution is -0.122. The van der Waals surface area contributed by atoms with Gasteiger partial charge in [0.05, 0.1) is 6.04 Å². The van der Waals surface area contributed by atoms with Crippen molar-refractivity contribution in [1.29, 1.82) is 0 Å². The highest BCUT2D eigenvalue weighted by Crippen LogP contribution is 2.26.